The van der Waals surface area contributed by atoms with E-state index < -0.39 is 16.4 Å². The van der Waals surface area contributed by atoms with Gasteiger partial charge in [-0.2, -0.15) is 0 Å². The number of carboxylic acid groups (broad SMARTS) is 1. The molecule has 7 heteroatoms. The molecule has 7 nitrogen and oxygen atoms in total. The summed E-state index contributed by atoms with van der Waals surface area (Å²) in [6.45, 7) is 3.82. The third-order valence-corrected chi connectivity index (χ3v) is 3.87. The first-order chi connectivity index (χ1) is 9.36. The van der Waals surface area contributed by atoms with E-state index >= 15 is 0 Å². The molecule has 1 aliphatic heterocycles. The van der Waals surface area contributed by atoms with Crippen LogP contribution in [0.3, 0.4) is 0 Å². The Balaban J connectivity index is 2.41. The lowest BCUT2D eigenvalue weighted by molar-refractivity contribution is -0.385. The predicted molar refractivity (Wildman–Crippen MR) is 72.9 cm³/mol. The zero-order valence-corrected chi connectivity index (χ0v) is 11.5. The van der Waals surface area contributed by atoms with Gasteiger partial charge in [0.2, 0.25) is 0 Å². The van der Waals surface area contributed by atoms with Crippen molar-refractivity contribution >= 4 is 17.5 Å². The van der Waals surface area contributed by atoms with Crippen molar-refractivity contribution in [3.05, 3.63) is 27.9 Å². The van der Waals surface area contributed by atoms with Gasteiger partial charge in [0.1, 0.15) is 17.1 Å². The van der Waals surface area contributed by atoms with E-state index in [2.05, 4.69) is 4.98 Å². The summed E-state index contributed by atoms with van der Waals surface area (Å²) in [5.41, 5.74) is -0.762. The number of aryl methyl sites for hydroxylation is 1. The Morgan fingerprint density at radius 3 is 2.75 bits per heavy atom. The van der Waals surface area contributed by atoms with Gasteiger partial charge in [-0.3, -0.25) is 10.1 Å². The number of carboxylic acids is 1. The van der Waals surface area contributed by atoms with Crippen LogP contribution in [0.4, 0.5) is 11.5 Å². The van der Waals surface area contributed by atoms with Crippen LogP contribution >= 0.6 is 0 Å². The maximum absolute atomic E-state index is 11.5. The minimum absolute atomic E-state index is 0.0530. The van der Waals surface area contributed by atoms with Crippen LogP contribution in [-0.4, -0.2) is 33.1 Å². The van der Waals surface area contributed by atoms with Gasteiger partial charge in [0.25, 0.3) is 5.69 Å². The largest absolute Gasteiger partial charge is 0.480 e. The Bertz CT molecular complexity index is 561. The van der Waals surface area contributed by atoms with Crippen molar-refractivity contribution in [2.45, 2.75) is 38.6 Å². The fraction of sp³-hybridized carbons (Fsp3) is 0.538. The molecule has 0 amide bonds. The van der Waals surface area contributed by atoms with Gasteiger partial charge < -0.3 is 10.0 Å². The number of hydrogen-bond acceptors (Lipinski definition) is 5. The molecule has 0 saturated carbocycles. The van der Waals surface area contributed by atoms with Gasteiger partial charge >= 0.3 is 5.97 Å². The minimum Gasteiger partial charge on any atom is -0.480 e. The number of nitro groups is 1. The molecule has 1 aromatic rings. The molecule has 0 aliphatic carbocycles. The molecule has 20 heavy (non-hydrogen) atoms. The SMILES string of the molecule is Cc1nc(N2CCCCC2(C)C(=O)O)ccc1[N+](=O)[O-]. The molecular formula is C13H17N3O4. The van der Waals surface area contributed by atoms with Gasteiger partial charge in [0.05, 0.1) is 4.92 Å². The van der Waals surface area contributed by atoms with E-state index in [1.807, 2.05) is 0 Å². The second-order valence-electron chi connectivity index (χ2n) is 5.22. The smallest absolute Gasteiger partial charge is 0.329 e. The summed E-state index contributed by atoms with van der Waals surface area (Å²) in [5, 5.41) is 20.3. The van der Waals surface area contributed by atoms with Crippen LogP contribution in [0.2, 0.25) is 0 Å². The third kappa shape index (κ3) is 2.31. The quantitative estimate of drug-likeness (QED) is 0.672. The van der Waals surface area contributed by atoms with Gasteiger partial charge in [-0.15, -0.1) is 0 Å². The topological polar surface area (TPSA) is 96.6 Å². The van der Waals surface area contributed by atoms with E-state index in [0.29, 0.717) is 24.5 Å². The van der Waals surface area contributed by atoms with Crippen LogP contribution in [0.5, 0.6) is 0 Å². The number of anilines is 1. The minimum atomic E-state index is -1.01. The van der Waals surface area contributed by atoms with Gasteiger partial charge in [0, 0.05) is 12.6 Å². The normalized spacial score (nSPS) is 22.6. The maximum Gasteiger partial charge on any atom is 0.329 e. The van der Waals surface area contributed by atoms with E-state index in [4.69, 9.17) is 0 Å². The summed E-state index contributed by atoms with van der Waals surface area (Å²) in [5.74, 6) is -0.410. The van der Waals surface area contributed by atoms with Gasteiger partial charge in [-0.25, -0.2) is 9.78 Å². The monoisotopic (exact) mass is 279 g/mol. The Hall–Kier alpha value is -2.18. The number of pyridine rings is 1. The molecule has 0 bridgehead atoms. The average molecular weight is 279 g/mol. The number of hydrogen-bond donors (Lipinski definition) is 1. The third-order valence-electron chi connectivity index (χ3n) is 3.87. The summed E-state index contributed by atoms with van der Waals surface area (Å²) in [6, 6.07) is 2.91. The Kier molecular flexibility index (Phi) is 3.61. The molecule has 1 aromatic heterocycles. The molecule has 1 fully saturated rings. The molecule has 0 radical (unpaired) electrons. The Labute approximate surface area is 116 Å². The maximum atomic E-state index is 11.5. The highest BCUT2D eigenvalue weighted by atomic mass is 16.6. The molecule has 1 aliphatic rings. The summed E-state index contributed by atoms with van der Waals surface area (Å²) in [6.07, 6.45) is 2.28. The first kappa shape index (κ1) is 14.2. The highest BCUT2D eigenvalue weighted by molar-refractivity contribution is 5.83. The standard InChI is InChI=1S/C13H17N3O4/c1-9-10(16(19)20)5-6-11(14-9)15-8-4-3-7-13(15,2)12(17)18/h5-6H,3-4,7-8H2,1-2H3,(H,17,18). The number of rotatable bonds is 3. The molecule has 0 aromatic carbocycles. The zero-order chi connectivity index (χ0) is 14.9. The average Bonchev–Trinajstić information content (AvgIpc) is 2.38. The molecule has 0 spiro atoms. The van der Waals surface area contributed by atoms with Crippen molar-refractivity contribution in [1.82, 2.24) is 4.98 Å². The second kappa shape index (κ2) is 5.07. The van der Waals surface area contributed by atoms with Gasteiger partial charge in [-0.05, 0) is 39.2 Å². The van der Waals surface area contributed by atoms with Gasteiger partial charge in [-0.1, -0.05) is 0 Å². The van der Waals surface area contributed by atoms with E-state index in [9.17, 15) is 20.0 Å². The van der Waals surface area contributed by atoms with Crippen LogP contribution in [0.25, 0.3) is 0 Å². The molecule has 2 heterocycles. The van der Waals surface area contributed by atoms with Crippen molar-refractivity contribution in [2.75, 3.05) is 11.4 Å². The number of aromatic nitrogens is 1. The first-order valence-corrected chi connectivity index (χ1v) is 6.49. The second-order valence-corrected chi connectivity index (χ2v) is 5.22. The molecule has 2 rings (SSSR count). The number of carbonyl (C=O) groups is 1. The molecule has 108 valence electrons. The molecular weight excluding hydrogens is 262 g/mol. The zero-order valence-electron chi connectivity index (χ0n) is 11.5. The van der Waals surface area contributed by atoms with Crippen LogP contribution in [-0.2, 0) is 4.79 Å². The summed E-state index contributed by atoms with van der Waals surface area (Å²) in [4.78, 5) is 27.8. The van der Waals surface area contributed by atoms with Crippen LogP contribution in [0.15, 0.2) is 12.1 Å². The lowest BCUT2D eigenvalue weighted by atomic mass is 9.88. The van der Waals surface area contributed by atoms with Crippen molar-refractivity contribution in [2.24, 2.45) is 0 Å². The lowest BCUT2D eigenvalue weighted by Crippen LogP contribution is -2.55. The molecule has 1 saturated heterocycles. The van der Waals surface area contributed by atoms with Gasteiger partial charge in [0.15, 0.2) is 0 Å². The van der Waals surface area contributed by atoms with E-state index in [0.717, 1.165) is 12.8 Å². The highest BCUT2D eigenvalue weighted by Crippen LogP contribution is 2.33. The Morgan fingerprint density at radius 1 is 1.50 bits per heavy atom. The fourth-order valence-corrected chi connectivity index (χ4v) is 2.59. The lowest BCUT2D eigenvalue weighted by Gasteiger charge is -2.42. The predicted octanol–water partition coefficient (Wildman–Crippen LogP) is 2.13. The van der Waals surface area contributed by atoms with E-state index in [-0.39, 0.29) is 5.69 Å². The van der Waals surface area contributed by atoms with Crippen molar-refractivity contribution in [3.63, 3.8) is 0 Å². The molecule has 1 unspecified atom stereocenters. The number of piperidine rings is 1. The number of aliphatic carboxylic acids is 1. The first-order valence-electron chi connectivity index (χ1n) is 6.49. The molecule has 1 atom stereocenters. The van der Waals surface area contributed by atoms with Crippen LogP contribution < -0.4 is 4.90 Å². The summed E-state index contributed by atoms with van der Waals surface area (Å²) in [7, 11) is 0. The highest BCUT2D eigenvalue weighted by Gasteiger charge is 2.42. The fourth-order valence-electron chi connectivity index (χ4n) is 2.59. The number of nitrogens with zero attached hydrogens (tertiary/aromatic N) is 3. The van der Waals surface area contributed by atoms with Crippen molar-refractivity contribution in [3.8, 4) is 0 Å². The van der Waals surface area contributed by atoms with E-state index in [1.54, 1.807) is 18.7 Å². The van der Waals surface area contributed by atoms with E-state index in [1.165, 1.54) is 12.1 Å². The van der Waals surface area contributed by atoms with Crippen molar-refractivity contribution in [1.29, 1.82) is 0 Å². The summed E-state index contributed by atoms with van der Waals surface area (Å²) < 4.78 is 0. The van der Waals surface area contributed by atoms with Crippen LogP contribution in [0.1, 0.15) is 31.9 Å². The van der Waals surface area contributed by atoms with Crippen molar-refractivity contribution < 1.29 is 14.8 Å². The molecule has 1 N–H and O–H groups in total. The summed E-state index contributed by atoms with van der Waals surface area (Å²) >= 11 is 0. The van der Waals surface area contributed by atoms with Crippen LogP contribution in [0, 0.1) is 17.0 Å². The Morgan fingerprint density at radius 2 is 2.20 bits per heavy atom.